The van der Waals surface area contributed by atoms with Gasteiger partial charge in [-0.15, -0.1) is 0 Å². The number of hydrogen-bond acceptors (Lipinski definition) is 6. The first-order valence-electron chi connectivity index (χ1n) is 26.8. The largest absolute Gasteiger partial charge is 0.353 e. The van der Waals surface area contributed by atoms with Crippen molar-refractivity contribution < 1.29 is 28.8 Å². The van der Waals surface area contributed by atoms with E-state index in [1.807, 2.05) is 72.8 Å². The van der Waals surface area contributed by atoms with Crippen LogP contribution in [0.1, 0.15) is 146 Å². The fourth-order valence-corrected chi connectivity index (χ4v) is 10.7. The quantitative estimate of drug-likeness (QED) is 0.0320. The minimum Gasteiger partial charge on any atom is -0.353 e. The van der Waals surface area contributed by atoms with Crippen molar-refractivity contribution in [2.24, 2.45) is 11.8 Å². The Kier molecular flexibility index (Phi) is 20.9. The maximum Gasteiger partial charge on any atom is 0.292 e. The van der Waals surface area contributed by atoms with Gasteiger partial charge in [0.25, 0.3) is 11.8 Å². The van der Waals surface area contributed by atoms with E-state index in [0.29, 0.717) is 25.7 Å². The van der Waals surface area contributed by atoms with Crippen molar-refractivity contribution >= 4 is 35.2 Å². The summed E-state index contributed by atoms with van der Waals surface area (Å²) in [6, 6.07) is 45.9. The average Bonchev–Trinajstić information content (AvgIpc) is 3.41. The third kappa shape index (κ3) is 16.7. The van der Waals surface area contributed by atoms with Gasteiger partial charge in [0.15, 0.2) is 0 Å². The van der Waals surface area contributed by atoms with Crippen LogP contribution in [0.2, 0.25) is 0 Å². The third-order valence-corrected chi connectivity index (χ3v) is 14.8. The van der Waals surface area contributed by atoms with E-state index in [1.165, 1.54) is 46.5 Å². The first-order chi connectivity index (χ1) is 35.2. The monoisotopic (exact) mass is 971 g/mol. The minimum absolute atomic E-state index is 0.0275. The Morgan fingerprint density at radius 1 is 0.389 bits per heavy atom. The van der Waals surface area contributed by atoms with Gasteiger partial charge in [-0.25, -0.2) is 0 Å². The molecule has 5 aromatic carbocycles. The highest BCUT2D eigenvalue weighted by Crippen LogP contribution is 2.28. The van der Waals surface area contributed by atoms with Crippen molar-refractivity contribution in [3.05, 3.63) is 179 Å². The van der Waals surface area contributed by atoms with E-state index < -0.39 is 47.3 Å². The number of amides is 4. The number of Topliss-reactive ketones (excluding diaryl/α,β-unsaturated/α-hetero) is 2. The second kappa shape index (κ2) is 28.4. The van der Waals surface area contributed by atoms with Crippen molar-refractivity contribution in [1.82, 2.24) is 21.3 Å². The normalized spacial score (nSPS) is 17.7. The number of carbonyl (C=O) groups excluding carboxylic acids is 6. The number of benzene rings is 5. The Balaban J connectivity index is 0.928. The molecule has 4 amide bonds. The fraction of sp³-hybridized carbons (Fsp3) is 0.419. The Morgan fingerprint density at radius 3 is 1.01 bits per heavy atom. The fourth-order valence-electron chi connectivity index (χ4n) is 10.7. The second-order valence-corrected chi connectivity index (χ2v) is 20.1. The number of ketones is 2. The Hall–Kier alpha value is -6.68. The van der Waals surface area contributed by atoms with Crippen LogP contribution in [0.5, 0.6) is 0 Å². The van der Waals surface area contributed by atoms with Crippen LogP contribution in [0.4, 0.5) is 0 Å². The van der Waals surface area contributed by atoms with Crippen LogP contribution < -0.4 is 21.3 Å². The molecule has 0 radical (unpaired) electrons. The predicted molar refractivity (Wildman–Crippen MR) is 284 cm³/mol. The molecule has 0 aliphatic heterocycles. The second-order valence-electron chi connectivity index (χ2n) is 20.1. The lowest BCUT2D eigenvalue weighted by Gasteiger charge is -2.32. The van der Waals surface area contributed by atoms with Crippen molar-refractivity contribution in [3.8, 4) is 0 Å². The zero-order chi connectivity index (χ0) is 50.3. The van der Waals surface area contributed by atoms with Gasteiger partial charge in [-0.3, -0.25) is 28.8 Å². The number of nitrogens with one attached hydrogen (secondary N) is 4. The van der Waals surface area contributed by atoms with Crippen LogP contribution in [-0.4, -0.2) is 59.4 Å². The zero-order valence-electron chi connectivity index (χ0n) is 41.9. The van der Waals surface area contributed by atoms with E-state index in [-0.39, 0.29) is 35.0 Å². The predicted octanol–water partition coefficient (Wildman–Crippen LogP) is 10.5. The van der Waals surface area contributed by atoms with E-state index >= 15 is 0 Å². The topological polar surface area (TPSA) is 151 Å². The SMILES string of the molecule is O=C(NC1CCCC[C@H]1C(=O)NC(CCCc1ccccc1)CCCc1ccccc1)C(=O)c1cccc(C(=O)C(=O)NC2CCCC[C@H]2C(=O)NC(CCCc2ccccc2)CCCc2ccccc2)c1. The summed E-state index contributed by atoms with van der Waals surface area (Å²) in [4.78, 5) is 82.9. The van der Waals surface area contributed by atoms with Crippen LogP contribution in [0.15, 0.2) is 146 Å². The number of hydrogen-bond donors (Lipinski definition) is 4. The molecule has 5 aromatic rings. The maximum atomic E-state index is 14.1. The van der Waals surface area contributed by atoms with E-state index in [9.17, 15) is 28.8 Å². The lowest BCUT2D eigenvalue weighted by atomic mass is 9.83. The van der Waals surface area contributed by atoms with Crippen LogP contribution in [-0.2, 0) is 44.9 Å². The Labute approximate surface area is 426 Å². The molecule has 0 heterocycles. The lowest BCUT2D eigenvalue weighted by Crippen LogP contribution is -2.51. The van der Waals surface area contributed by atoms with Crippen molar-refractivity contribution in [2.45, 2.75) is 153 Å². The standard InChI is InChI=1S/C62H74N4O6/c67-57(61(71)65-55-42-15-13-40-53(55)59(69)63-51(36-17-30-45-22-5-1-6-23-45)37-18-31-46-24-7-2-8-25-46)49-34-21-35-50(44-49)58(68)62(72)66-56-43-16-14-41-54(56)60(70)64-52(38-19-32-47-26-9-3-10-27-47)39-20-33-48-28-11-4-12-29-48/h1-12,21-29,34-35,44,51-56H,13-20,30-33,36-43H2,(H,63,69)(H,64,70)(H,65,71)(H,66,72)/t53-,54-,55?,56?/m1/s1. The molecular weight excluding hydrogens is 897 g/mol. The summed E-state index contributed by atoms with van der Waals surface area (Å²) in [5.41, 5.74) is 5.00. The van der Waals surface area contributed by atoms with Gasteiger partial charge in [-0.1, -0.05) is 165 Å². The Morgan fingerprint density at radius 2 is 0.694 bits per heavy atom. The summed E-state index contributed by atoms with van der Waals surface area (Å²) in [6.45, 7) is 0. The molecular formula is C62H74N4O6. The van der Waals surface area contributed by atoms with Gasteiger partial charge in [0.05, 0.1) is 11.8 Å². The summed E-state index contributed by atoms with van der Waals surface area (Å²) in [6.07, 6.45) is 16.3. The average molecular weight is 971 g/mol. The summed E-state index contributed by atoms with van der Waals surface area (Å²) in [5.74, 6) is -4.60. The highest BCUT2D eigenvalue weighted by molar-refractivity contribution is 6.45. The van der Waals surface area contributed by atoms with Crippen molar-refractivity contribution in [3.63, 3.8) is 0 Å². The van der Waals surface area contributed by atoms with Crippen molar-refractivity contribution in [2.75, 3.05) is 0 Å². The molecule has 2 fully saturated rings. The zero-order valence-corrected chi connectivity index (χ0v) is 41.9. The van der Waals surface area contributed by atoms with Crippen LogP contribution >= 0.6 is 0 Å². The summed E-state index contributed by atoms with van der Waals surface area (Å²) in [7, 11) is 0. The minimum atomic E-state index is -0.856. The van der Waals surface area contributed by atoms with E-state index in [0.717, 1.165) is 103 Å². The molecule has 10 nitrogen and oxygen atoms in total. The van der Waals surface area contributed by atoms with Crippen molar-refractivity contribution in [1.29, 1.82) is 0 Å². The molecule has 4 N–H and O–H groups in total. The van der Waals surface area contributed by atoms with Gasteiger partial charge in [0.1, 0.15) is 0 Å². The first-order valence-corrected chi connectivity index (χ1v) is 26.8. The molecule has 0 bridgehead atoms. The van der Waals surface area contributed by atoms with E-state index in [4.69, 9.17) is 0 Å². The van der Waals surface area contributed by atoms with Crippen LogP contribution in [0.25, 0.3) is 0 Å². The molecule has 378 valence electrons. The molecule has 2 saturated carbocycles. The molecule has 4 atom stereocenters. The summed E-state index contributed by atoms with van der Waals surface area (Å²) >= 11 is 0. The summed E-state index contributed by atoms with van der Waals surface area (Å²) < 4.78 is 0. The Bertz CT molecular complexity index is 2240. The van der Waals surface area contributed by atoms with Crippen LogP contribution in [0, 0.1) is 11.8 Å². The highest BCUT2D eigenvalue weighted by Gasteiger charge is 2.36. The van der Waals surface area contributed by atoms with Gasteiger partial charge in [0, 0.05) is 35.3 Å². The first kappa shape index (κ1) is 53.1. The van der Waals surface area contributed by atoms with E-state index in [2.05, 4.69) is 69.8 Å². The van der Waals surface area contributed by atoms with Gasteiger partial charge in [-0.2, -0.15) is 0 Å². The number of aryl methyl sites for hydroxylation is 4. The molecule has 10 heteroatoms. The molecule has 2 unspecified atom stereocenters. The van der Waals surface area contributed by atoms with Gasteiger partial charge < -0.3 is 21.3 Å². The van der Waals surface area contributed by atoms with Gasteiger partial charge in [-0.05, 0) is 131 Å². The number of carbonyl (C=O) groups is 6. The molecule has 2 aliphatic carbocycles. The van der Waals surface area contributed by atoms with Crippen LogP contribution in [0.3, 0.4) is 0 Å². The molecule has 0 spiro atoms. The maximum absolute atomic E-state index is 14.1. The smallest absolute Gasteiger partial charge is 0.292 e. The summed E-state index contributed by atoms with van der Waals surface area (Å²) in [5, 5.41) is 12.5. The highest BCUT2D eigenvalue weighted by atomic mass is 16.2. The van der Waals surface area contributed by atoms with Gasteiger partial charge >= 0.3 is 0 Å². The molecule has 0 aromatic heterocycles. The third-order valence-electron chi connectivity index (χ3n) is 14.8. The van der Waals surface area contributed by atoms with E-state index in [1.54, 1.807) is 0 Å². The number of rotatable bonds is 26. The van der Waals surface area contributed by atoms with Gasteiger partial charge in [0.2, 0.25) is 23.4 Å². The molecule has 2 aliphatic rings. The lowest BCUT2D eigenvalue weighted by molar-refractivity contribution is -0.129. The molecule has 7 rings (SSSR count). The molecule has 72 heavy (non-hydrogen) atoms. The molecule has 0 saturated heterocycles.